The molecule has 0 aliphatic heterocycles. The van der Waals surface area contributed by atoms with Gasteiger partial charge in [-0.05, 0) is 12.0 Å². The third-order valence-corrected chi connectivity index (χ3v) is 2.57. The van der Waals surface area contributed by atoms with Crippen molar-refractivity contribution in [2.24, 2.45) is 0 Å². The lowest BCUT2D eigenvalue weighted by Crippen LogP contribution is -2.13. The monoisotopic (exact) mass is 164 g/mol. The van der Waals surface area contributed by atoms with E-state index in [1.807, 2.05) is 12.2 Å². The Kier molecular flexibility index (Phi) is 1.85. The molecule has 2 aliphatic rings. The number of methoxy groups -OCH3 is 1. The molecule has 0 heterocycles. The summed E-state index contributed by atoms with van der Waals surface area (Å²) in [5.74, 6) is 0.316. The molecule has 0 bridgehead atoms. The Labute approximate surface area is 71.9 Å². The molecule has 0 saturated carbocycles. The summed E-state index contributed by atoms with van der Waals surface area (Å²) in [6, 6.07) is 0. The molecule has 0 aromatic carbocycles. The van der Waals surface area contributed by atoms with Gasteiger partial charge in [0.05, 0.1) is 6.10 Å². The maximum absolute atomic E-state index is 11.3. The smallest absolute Gasteiger partial charge is 0.159 e. The number of carbonyl (C=O) groups is 1. The fourth-order valence-corrected chi connectivity index (χ4v) is 1.81. The first-order valence-electron chi connectivity index (χ1n) is 4.27. The summed E-state index contributed by atoms with van der Waals surface area (Å²) >= 11 is 0. The molecule has 1 unspecified atom stereocenters. The quantitative estimate of drug-likeness (QED) is 0.588. The van der Waals surface area contributed by atoms with Crippen LogP contribution in [-0.4, -0.2) is 19.0 Å². The summed E-state index contributed by atoms with van der Waals surface area (Å²) in [6.45, 7) is 0. The first kappa shape index (κ1) is 7.74. The van der Waals surface area contributed by atoms with E-state index >= 15 is 0 Å². The van der Waals surface area contributed by atoms with E-state index < -0.39 is 0 Å². The molecule has 1 atom stereocenters. The van der Waals surface area contributed by atoms with Crippen molar-refractivity contribution < 1.29 is 9.53 Å². The Balaban J connectivity index is 2.22. The molecular formula is C10H12O2. The van der Waals surface area contributed by atoms with Crippen LogP contribution >= 0.6 is 0 Å². The highest BCUT2D eigenvalue weighted by atomic mass is 16.5. The fraction of sp³-hybridized carbons (Fsp3) is 0.500. The van der Waals surface area contributed by atoms with Crippen molar-refractivity contribution in [2.75, 3.05) is 7.11 Å². The summed E-state index contributed by atoms with van der Waals surface area (Å²) in [6.07, 6.45) is 6.61. The average molecular weight is 164 g/mol. The van der Waals surface area contributed by atoms with Crippen LogP contribution in [0, 0.1) is 0 Å². The molecule has 0 N–H and O–H groups in total. The van der Waals surface area contributed by atoms with Gasteiger partial charge in [-0.15, -0.1) is 0 Å². The minimum absolute atomic E-state index is 0.116. The highest BCUT2D eigenvalue weighted by Crippen LogP contribution is 2.31. The summed E-state index contributed by atoms with van der Waals surface area (Å²) in [7, 11) is 1.68. The van der Waals surface area contributed by atoms with Crippen LogP contribution in [0.1, 0.15) is 19.3 Å². The summed E-state index contributed by atoms with van der Waals surface area (Å²) < 4.78 is 5.17. The minimum atomic E-state index is 0.116. The molecular weight excluding hydrogens is 152 g/mol. The van der Waals surface area contributed by atoms with E-state index in [-0.39, 0.29) is 6.10 Å². The van der Waals surface area contributed by atoms with Crippen molar-refractivity contribution in [3.05, 3.63) is 23.3 Å². The number of ketones is 1. The SMILES string of the molecule is COC1C=CC2=C(C1)C(=O)CC2. The second kappa shape index (κ2) is 2.87. The molecule has 12 heavy (non-hydrogen) atoms. The van der Waals surface area contributed by atoms with E-state index in [1.165, 1.54) is 5.57 Å². The molecule has 64 valence electrons. The van der Waals surface area contributed by atoms with Crippen LogP contribution in [-0.2, 0) is 9.53 Å². The Bertz CT molecular complexity index is 274. The van der Waals surface area contributed by atoms with Gasteiger partial charge in [-0.2, -0.15) is 0 Å². The predicted octanol–water partition coefficient (Wildman–Crippen LogP) is 1.62. The molecule has 0 saturated heterocycles. The molecule has 0 fully saturated rings. The van der Waals surface area contributed by atoms with Crippen molar-refractivity contribution in [3.8, 4) is 0 Å². The van der Waals surface area contributed by atoms with Crippen molar-refractivity contribution >= 4 is 5.78 Å². The number of ether oxygens (including phenoxy) is 1. The van der Waals surface area contributed by atoms with Crippen LogP contribution in [0.25, 0.3) is 0 Å². The van der Waals surface area contributed by atoms with Crippen molar-refractivity contribution in [1.82, 2.24) is 0 Å². The van der Waals surface area contributed by atoms with Gasteiger partial charge in [0.2, 0.25) is 0 Å². The summed E-state index contributed by atoms with van der Waals surface area (Å²) in [5.41, 5.74) is 2.23. The zero-order chi connectivity index (χ0) is 8.55. The lowest BCUT2D eigenvalue weighted by molar-refractivity contribution is -0.115. The second-order valence-corrected chi connectivity index (χ2v) is 3.26. The normalized spacial score (nSPS) is 28.1. The Hall–Kier alpha value is -0.890. The molecule has 0 aromatic rings. The van der Waals surface area contributed by atoms with Crippen LogP contribution in [0.15, 0.2) is 23.3 Å². The molecule has 2 nitrogen and oxygen atoms in total. The van der Waals surface area contributed by atoms with E-state index in [0.29, 0.717) is 12.2 Å². The molecule has 0 spiro atoms. The largest absolute Gasteiger partial charge is 0.377 e. The van der Waals surface area contributed by atoms with Crippen LogP contribution < -0.4 is 0 Å². The van der Waals surface area contributed by atoms with Crippen molar-refractivity contribution in [2.45, 2.75) is 25.4 Å². The Morgan fingerprint density at radius 3 is 3.08 bits per heavy atom. The first-order chi connectivity index (χ1) is 5.81. The Morgan fingerprint density at radius 2 is 2.33 bits per heavy atom. The maximum Gasteiger partial charge on any atom is 0.159 e. The van der Waals surface area contributed by atoms with Gasteiger partial charge in [-0.25, -0.2) is 0 Å². The van der Waals surface area contributed by atoms with Crippen molar-refractivity contribution in [3.63, 3.8) is 0 Å². The molecule has 0 radical (unpaired) electrons. The number of hydrogen-bond acceptors (Lipinski definition) is 2. The lowest BCUT2D eigenvalue weighted by Gasteiger charge is -2.15. The molecule has 2 heteroatoms. The van der Waals surface area contributed by atoms with E-state index in [1.54, 1.807) is 7.11 Å². The van der Waals surface area contributed by atoms with Gasteiger partial charge in [-0.1, -0.05) is 12.2 Å². The van der Waals surface area contributed by atoms with E-state index in [4.69, 9.17) is 4.74 Å². The van der Waals surface area contributed by atoms with Crippen LogP contribution in [0.3, 0.4) is 0 Å². The lowest BCUT2D eigenvalue weighted by atomic mass is 9.98. The van der Waals surface area contributed by atoms with Gasteiger partial charge in [0.1, 0.15) is 0 Å². The first-order valence-corrected chi connectivity index (χ1v) is 4.27. The van der Waals surface area contributed by atoms with E-state index in [9.17, 15) is 4.79 Å². The van der Waals surface area contributed by atoms with Gasteiger partial charge in [0.25, 0.3) is 0 Å². The molecule has 2 rings (SSSR count). The zero-order valence-electron chi connectivity index (χ0n) is 7.17. The fourth-order valence-electron chi connectivity index (χ4n) is 1.81. The van der Waals surface area contributed by atoms with Crippen LogP contribution in [0.5, 0.6) is 0 Å². The Morgan fingerprint density at radius 1 is 1.50 bits per heavy atom. The summed E-state index contributed by atoms with van der Waals surface area (Å²) in [5, 5.41) is 0. The van der Waals surface area contributed by atoms with Gasteiger partial charge < -0.3 is 4.74 Å². The third kappa shape index (κ3) is 1.12. The van der Waals surface area contributed by atoms with Crippen LogP contribution in [0.2, 0.25) is 0 Å². The number of rotatable bonds is 1. The summed E-state index contributed by atoms with van der Waals surface area (Å²) in [4.78, 5) is 11.3. The molecule has 2 aliphatic carbocycles. The van der Waals surface area contributed by atoms with E-state index in [2.05, 4.69) is 0 Å². The number of allylic oxidation sites excluding steroid dienone is 2. The van der Waals surface area contributed by atoms with Gasteiger partial charge in [-0.3, -0.25) is 4.79 Å². The van der Waals surface area contributed by atoms with E-state index in [0.717, 1.165) is 18.4 Å². The van der Waals surface area contributed by atoms with Gasteiger partial charge >= 0.3 is 0 Å². The number of hydrogen-bond donors (Lipinski definition) is 0. The standard InChI is InChI=1S/C10H12O2/c1-12-8-4-2-7-3-5-10(11)9(7)6-8/h2,4,8H,3,5-6H2,1H3. The number of carbonyl (C=O) groups excluding carboxylic acids is 1. The minimum Gasteiger partial charge on any atom is -0.377 e. The second-order valence-electron chi connectivity index (χ2n) is 3.26. The maximum atomic E-state index is 11.3. The van der Waals surface area contributed by atoms with Gasteiger partial charge in [0.15, 0.2) is 5.78 Å². The van der Waals surface area contributed by atoms with Crippen molar-refractivity contribution in [1.29, 1.82) is 0 Å². The number of Topliss-reactive ketones (excluding diaryl/α,β-unsaturated/α-hetero) is 1. The highest BCUT2D eigenvalue weighted by Gasteiger charge is 2.26. The third-order valence-electron chi connectivity index (χ3n) is 2.57. The van der Waals surface area contributed by atoms with Gasteiger partial charge in [0, 0.05) is 25.5 Å². The average Bonchev–Trinajstić information content (AvgIpc) is 2.47. The topological polar surface area (TPSA) is 26.3 Å². The highest BCUT2D eigenvalue weighted by molar-refractivity contribution is 5.99. The molecule has 0 aromatic heterocycles. The molecule has 0 amide bonds. The zero-order valence-corrected chi connectivity index (χ0v) is 7.17. The predicted molar refractivity (Wildman–Crippen MR) is 45.8 cm³/mol. The van der Waals surface area contributed by atoms with Crippen LogP contribution in [0.4, 0.5) is 0 Å².